The van der Waals surface area contributed by atoms with Gasteiger partial charge in [-0.1, -0.05) is 19.3 Å². The summed E-state index contributed by atoms with van der Waals surface area (Å²) < 4.78 is 23.0. The highest BCUT2D eigenvalue weighted by Gasteiger charge is 2.19. The number of benzene rings is 1. The fraction of sp³-hybridized carbons (Fsp3) is 0.562. The van der Waals surface area contributed by atoms with Crippen LogP contribution in [0.25, 0.3) is 0 Å². The van der Waals surface area contributed by atoms with Gasteiger partial charge in [0.15, 0.2) is 0 Å². The van der Waals surface area contributed by atoms with Crippen molar-refractivity contribution in [1.29, 1.82) is 0 Å². The van der Waals surface area contributed by atoms with Gasteiger partial charge in [-0.25, -0.2) is 13.6 Å². The van der Waals surface area contributed by atoms with Crippen LogP contribution in [0.2, 0.25) is 0 Å². The number of rotatable bonds is 4. The zero-order valence-corrected chi connectivity index (χ0v) is 14.0. The second-order valence-corrected chi connectivity index (χ2v) is 7.78. The summed E-state index contributed by atoms with van der Waals surface area (Å²) in [6, 6.07) is 2.97. The molecule has 0 radical (unpaired) electrons. The average Bonchev–Trinajstić information content (AvgIpc) is 2.43. The molecule has 1 aromatic rings. The summed E-state index contributed by atoms with van der Waals surface area (Å²) in [5.74, 6) is 0.387. The fourth-order valence-corrected chi connectivity index (χ4v) is 3.60. The van der Waals surface area contributed by atoms with E-state index < -0.39 is 10.0 Å². The molecular weight excluding hydrogens is 300 g/mol. The molecule has 0 unspecified atom stereocenters. The lowest BCUT2D eigenvalue weighted by Gasteiger charge is -2.21. The van der Waals surface area contributed by atoms with Crippen molar-refractivity contribution in [3.63, 3.8) is 0 Å². The molecule has 1 saturated carbocycles. The van der Waals surface area contributed by atoms with Gasteiger partial charge in [0, 0.05) is 12.1 Å². The van der Waals surface area contributed by atoms with Crippen LogP contribution in [0.1, 0.15) is 49.7 Å². The molecule has 22 heavy (non-hydrogen) atoms. The number of sulfonamides is 1. The van der Waals surface area contributed by atoms with Gasteiger partial charge in [-0.3, -0.25) is 4.79 Å². The third-order valence-corrected chi connectivity index (χ3v) is 5.34. The molecule has 0 heterocycles. The molecule has 0 bridgehead atoms. The van der Waals surface area contributed by atoms with Crippen LogP contribution in [0, 0.1) is 19.8 Å². The monoisotopic (exact) mass is 324 g/mol. The third-order valence-electron chi connectivity index (χ3n) is 4.44. The van der Waals surface area contributed by atoms with E-state index in [0.717, 1.165) is 24.0 Å². The Morgan fingerprint density at radius 1 is 1.23 bits per heavy atom. The van der Waals surface area contributed by atoms with Crippen molar-refractivity contribution in [3.05, 3.63) is 23.3 Å². The molecule has 0 aliphatic heterocycles. The van der Waals surface area contributed by atoms with Crippen molar-refractivity contribution < 1.29 is 13.2 Å². The maximum absolute atomic E-state index is 12.2. The van der Waals surface area contributed by atoms with Crippen molar-refractivity contribution in [2.45, 2.75) is 57.3 Å². The van der Waals surface area contributed by atoms with E-state index in [0.29, 0.717) is 18.0 Å². The number of aryl methyl sites for hydroxylation is 1. The molecule has 0 atom stereocenters. The van der Waals surface area contributed by atoms with Gasteiger partial charge < -0.3 is 5.32 Å². The van der Waals surface area contributed by atoms with Crippen molar-refractivity contribution in [2.24, 2.45) is 11.1 Å². The maximum atomic E-state index is 12.2. The van der Waals surface area contributed by atoms with Gasteiger partial charge in [-0.2, -0.15) is 0 Å². The molecule has 5 nitrogen and oxygen atoms in total. The number of carbonyl (C=O) groups is 1. The van der Waals surface area contributed by atoms with Crippen LogP contribution in [0.4, 0.5) is 5.69 Å². The summed E-state index contributed by atoms with van der Waals surface area (Å²) >= 11 is 0. The summed E-state index contributed by atoms with van der Waals surface area (Å²) in [6.07, 6.45) is 6.34. The number of carbonyl (C=O) groups excluding carboxylic acids is 1. The maximum Gasteiger partial charge on any atom is 0.238 e. The predicted octanol–water partition coefficient (Wildman–Crippen LogP) is 2.86. The lowest BCUT2D eigenvalue weighted by atomic mass is 9.87. The summed E-state index contributed by atoms with van der Waals surface area (Å²) in [4.78, 5) is 12.2. The fourth-order valence-electron chi connectivity index (χ4n) is 2.98. The number of hydrogen-bond acceptors (Lipinski definition) is 3. The van der Waals surface area contributed by atoms with Crippen molar-refractivity contribution in [1.82, 2.24) is 0 Å². The number of primary sulfonamides is 1. The predicted molar refractivity (Wildman–Crippen MR) is 87.1 cm³/mol. The second kappa shape index (κ2) is 6.79. The third kappa shape index (κ3) is 4.30. The molecule has 0 aromatic heterocycles. The largest absolute Gasteiger partial charge is 0.326 e. The van der Waals surface area contributed by atoms with Gasteiger partial charge in [0.05, 0.1) is 4.90 Å². The van der Waals surface area contributed by atoms with E-state index in [2.05, 4.69) is 5.32 Å². The summed E-state index contributed by atoms with van der Waals surface area (Å²) in [7, 11) is -3.78. The Kier molecular flexibility index (Phi) is 5.24. The Balaban J connectivity index is 2.14. The molecule has 1 aliphatic rings. The lowest BCUT2D eigenvalue weighted by molar-refractivity contribution is -0.117. The number of anilines is 1. The van der Waals surface area contributed by atoms with E-state index in [1.807, 2.05) is 6.92 Å². The molecule has 1 aliphatic carbocycles. The first kappa shape index (κ1) is 17.0. The van der Waals surface area contributed by atoms with Crippen molar-refractivity contribution in [2.75, 3.05) is 5.32 Å². The molecule has 1 amide bonds. The highest BCUT2D eigenvalue weighted by atomic mass is 32.2. The topological polar surface area (TPSA) is 89.3 Å². The highest BCUT2D eigenvalue weighted by Crippen LogP contribution is 2.28. The minimum Gasteiger partial charge on any atom is -0.326 e. The Morgan fingerprint density at radius 2 is 1.86 bits per heavy atom. The zero-order chi connectivity index (χ0) is 16.3. The van der Waals surface area contributed by atoms with Gasteiger partial charge >= 0.3 is 0 Å². The minimum atomic E-state index is -3.78. The lowest BCUT2D eigenvalue weighted by Crippen LogP contribution is -2.20. The summed E-state index contributed by atoms with van der Waals surface area (Å²) in [5, 5.41) is 8.04. The highest BCUT2D eigenvalue weighted by molar-refractivity contribution is 7.89. The average molecular weight is 324 g/mol. The molecule has 1 aromatic carbocycles. The van der Waals surface area contributed by atoms with E-state index >= 15 is 0 Å². The van der Waals surface area contributed by atoms with Gasteiger partial charge in [0.25, 0.3) is 0 Å². The molecule has 6 heteroatoms. The van der Waals surface area contributed by atoms with Gasteiger partial charge in [-0.05, 0) is 55.9 Å². The SMILES string of the molecule is Cc1cc(S(N)(=O)=O)cc(NC(=O)CC2CCCCC2)c1C. The van der Waals surface area contributed by atoms with Crippen molar-refractivity contribution in [3.8, 4) is 0 Å². The second-order valence-electron chi connectivity index (χ2n) is 6.21. The Bertz CT molecular complexity index is 662. The molecule has 0 spiro atoms. The molecule has 0 saturated heterocycles. The normalized spacial score (nSPS) is 16.5. The van der Waals surface area contributed by atoms with Crippen LogP contribution in [0.5, 0.6) is 0 Å². The number of hydrogen-bond donors (Lipinski definition) is 2. The van der Waals surface area contributed by atoms with Crippen LogP contribution in [0.3, 0.4) is 0 Å². The van der Waals surface area contributed by atoms with E-state index in [-0.39, 0.29) is 10.8 Å². The van der Waals surface area contributed by atoms with Crippen LogP contribution in [0.15, 0.2) is 17.0 Å². The Labute approximate surface area is 132 Å². The summed E-state index contributed by atoms with van der Waals surface area (Å²) in [5.41, 5.74) is 2.19. The van der Waals surface area contributed by atoms with Crippen molar-refractivity contribution >= 4 is 21.6 Å². The van der Waals surface area contributed by atoms with Gasteiger partial charge in [0.2, 0.25) is 15.9 Å². The molecule has 2 rings (SSSR count). The van der Waals surface area contributed by atoms with Crippen LogP contribution >= 0.6 is 0 Å². The van der Waals surface area contributed by atoms with E-state index in [9.17, 15) is 13.2 Å². The Hall–Kier alpha value is -1.40. The van der Waals surface area contributed by atoms with Crippen LogP contribution in [-0.4, -0.2) is 14.3 Å². The Morgan fingerprint density at radius 3 is 2.45 bits per heavy atom. The first-order chi connectivity index (χ1) is 10.3. The summed E-state index contributed by atoms with van der Waals surface area (Å²) in [6.45, 7) is 3.67. The molecule has 1 fully saturated rings. The van der Waals surface area contributed by atoms with E-state index in [4.69, 9.17) is 5.14 Å². The molecule has 122 valence electrons. The first-order valence-electron chi connectivity index (χ1n) is 7.71. The molecule has 3 N–H and O–H groups in total. The smallest absolute Gasteiger partial charge is 0.238 e. The first-order valence-corrected chi connectivity index (χ1v) is 9.26. The quantitative estimate of drug-likeness (QED) is 0.892. The number of nitrogens with one attached hydrogen (secondary N) is 1. The number of amides is 1. The van der Waals surface area contributed by atoms with Crippen LogP contribution < -0.4 is 10.5 Å². The standard InChI is InChI=1S/C16H24N2O3S/c1-11-8-14(22(17,20)21)10-15(12(11)2)18-16(19)9-13-6-4-3-5-7-13/h8,10,13H,3-7,9H2,1-2H3,(H,18,19)(H2,17,20,21). The van der Waals surface area contributed by atoms with Gasteiger partial charge in [0.1, 0.15) is 0 Å². The van der Waals surface area contributed by atoms with E-state index in [1.54, 1.807) is 6.92 Å². The minimum absolute atomic E-state index is 0.0311. The van der Waals surface area contributed by atoms with E-state index in [1.165, 1.54) is 31.4 Å². The van der Waals surface area contributed by atoms with Gasteiger partial charge in [-0.15, -0.1) is 0 Å². The number of nitrogens with two attached hydrogens (primary N) is 1. The van der Waals surface area contributed by atoms with Crippen LogP contribution in [-0.2, 0) is 14.8 Å². The molecular formula is C16H24N2O3S. The zero-order valence-electron chi connectivity index (χ0n) is 13.2.